The number of methoxy groups -OCH3 is 2. The number of ketones is 1. The molecule has 0 unspecified atom stereocenters. The highest BCUT2D eigenvalue weighted by Gasteiger charge is 2.27. The number of hydrogen-bond donors (Lipinski definition) is 0. The fraction of sp³-hybridized carbons (Fsp3) is 0.417. The number of ether oxygens (including phenoxy) is 4. The zero-order valence-corrected chi connectivity index (χ0v) is 18.1. The third-order valence-corrected chi connectivity index (χ3v) is 5.10. The van der Waals surface area contributed by atoms with Gasteiger partial charge in [-0.2, -0.15) is 0 Å². The van der Waals surface area contributed by atoms with Crippen molar-refractivity contribution in [2.75, 3.05) is 20.8 Å². The summed E-state index contributed by atoms with van der Waals surface area (Å²) >= 11 is 0. The molecule has 30 heavy (non-hydrogen) atoms. The van der Waals surface area contributed by atoms with Crippen LogP contribution in [0, 0.1) is 5.92 Å². The first-order chi connectivity index (χ1) is 14.4. The summed E-state index contributed by atoms with van der Waals surface area (Å²) < 4.78 is 22.4. The number of carbonyl (C=O) groups excluding carboxylic acids is 2. The highest BCUT2D eigenvalue weighted by atomic mass is 16.6. The van der Waals surface area contributed by atoms with Gasteiger partial charge in [-0.05, 0) is 50.5 Å². The fourth-order valence-electron chi connectivity index (χ4n) is 3.62. The van der Waals surface area contributed by atoms with Crippen molar-refractivity contribution in [3.63, 3.8) is 0 Å². The second-order valence-electron chi connectivity index (χ2n) is 7.63. The maximum absolute atomic E-state index is 12.2. The van der Waals surface area contributed by atoms with Crippen molar-refractivity contribution in [3.8, 4) is 28.4 Å². The lowest BCUT2D eigenvalue weighted by Crippen LogP contribution is -2.24. The first-order valence-corrected chi connectivity index (χ1v) is 10.1. The molecule has 1 atom stereocenters. The van der Waals surface area contributed by atoms with Crippen molar-refractivity contribution >= 4 is 11.8 Å². The van der Waals surface area contributed by atoms with Gasteiger partial charge < -0.3 is 18.9 Å². The van der Waals surface area contributed by atoms with E-state index in [0.717, 1.165) is 22.3 Å². The van der Waals surface area contributed by atoms with Crippen LogP contribution in [0.15, 0.2) is 30.3 Å². The standard InChI is InChI=1S/C24H28O6/c1-14(2)30-24(26)15(3)13-29-22-19(10-12-21(27-4)23(22)28-5)16-7-6-8-18-17(16)9-11-20(18)25/h6-8,10,12,14-15H,9,11,13H2,1-5H3/t15-/m0/s1. The molecule has 0 spiro atoms. The summed E-state index contributed by atoms with van der Waals surface area (Å²) in [6, 6.07) is 9.42. The van der Waals surface area contributed by atoms with Crippen LogP contribution in [0.4, 0.5) is 0 Å². The van der Waals surface area contributed by atoms with Gasteiger partial charge in [0.1, 0.15) is 6.61 Å². The number of fused-ring (bicyclic) bond motifs is 1. The lowest BCUT2D eigenvalue weighted by molar-refractivity contribution is -0.152. The van der Waals surface area contributed by atoms with E-state index in [9.17, 15) is 9.59 Å². The number of carbonyl (C=O) groups is 2. The number of benzene rings is 2. The minimum Gasteiger partial charge on any atom is -0.493 e. The molecule has 6 nitrogen and oxygen atoms in total. The second-order valence-corrected chi connectivity index (χ2v) is 7.63. The molecule has 3 rings (SSSR count). The van der Waals surface area contributed by atoms with E-state index in [-0.39, 0.29) is 24.5 Å². The van der Waals surface area contributed by atoms with Crippen LogP contribution in [0.5, 0.6) is 17.2 Å². The smallest absolute Gasteiger partial charge is 0.312 e. The van der Waals surface area contributed by atoms with Crippen LogP contribution >= 0.6 is 0 Å². The Bertz CT molecular complexity index is 947. The first kappa shape index (κ1) is 21.7. The normalized spacial score (nSPS) is 13.7. The molecule has 2 aromatic rings. The van der Waals surface area contributed by atoms with Gasteiger partial charge in [-0.1, -0.05) is 18.2 Å². The molecule has 1 aliphatic carbocycles. The van der Waals surface area contributed by atoms with Gasteiger partial charge in [0, 0.05) is 17.5 Å². The van der Waals surface area contributed by atoms with Gasteiger partial charge in [0.2, 0.25) is 5.75 Å². The predicted molar refractivity (Wildman–Crippen MR) is 114 cm³/mol. The van der Waals surface area contributed by atoms with Crippen molar-refractivity contribution < 1.29 is 28.5 Å². The molecular formula is C24H28O6. The summed E-state index contributed by atoms with van der Waals surface area (Å²) in [7, 11) is 3.10. The lowest BCUT2D eigenvalue weighted by Gasteiger charge is -2.21. The topological polar surface area (TPSA) is 71.1 Å². The molecule has 1 aliphatic rings. The zero-order chi connectivity index (χ0) is 21.8. The van der Waals surface area contributed by atoms with Crippen LogP contribution in [0.1, 0.15) is 43.1 Å². The molecule has 0 aliphatic heterocycles. The Balaban J connectivity index is 2.01. The van der Waals surface area contributed by atoms with Gasteiger partial charge in [0.25, 0.3) is 0 Å². The summed E-state index contributed by atoms with van der Waals surface area (Å²) in [6.45, 7) is 5.50. The van der Waals surface area contributed by atoms with Crippen molar-refractivity contribution in [2.24, 2.45) is 5.92 Å². The molecule has 0 heterocycles. The predicted octanol–water partition coefficient (Wildman–Crippen LogP) is 4.47. The number of Topliss-reactive ketones (excluding diaryl/α,β-unsaturated/α-hetero) is 1. The van der Waals surface area contributed by atoms with E-state index < -0.39 is 5.92 Å². The van der Waals surface area contributed by atoms with Crippen LogP contribution in [0.2, 0.25) is 0 Å². The van der Waals surface area contributed by atoms with Crippen LogP contribution in [-0.2, 0) is 16.0 Å². The summed E-state index contributed by atoms with van der Waals surface area (Å²) in [5.74, 6) is 0.825. The van der Waals surface area contributed by atoms with Gasteiger partial charge in [0.05, 0.1) is 26.2 Å². The van der Waals surface area contributed by atoms with E-state index >= 15 is 0 Å². The Labute approximate surface area is 177 Å². The van der Waals surface area contributed by atoms with E-state index in [1.165, 1.54) is 0 Å². The lowest BCUT2D eigenvalue weighted by atomic mass is 9.95. The van der Waals surface area contributed by atoms with E-state index in [0.29, 0.717) is 30.1 Å². The van der Waals surface area contributed by atoms with E-state index in [2.05, 4.69) is 0 Å². The van der Waals surface area contributed by atoms with Crippen molar-refractivity contribution in [3.05, 3.63) is 41.5 Å². The van der Waals surface area contributed by atoms with Crippen molar-refractivity contribution in [1.29, 1.82) is 0 Å². The summed E-state index contributed by atoms with van der Waals surface area (Å²) in [6.07, 6.45) is 1.01. The molecule has 0 saturated heterocycles. The van der Waals surface area contributed by atoms with E-state index in [4.69, 9.17) is 18.9 Å². The van der Waals surface area contributed by atoms with Gasteiger partial charge >= 0.3 is 5.97 Å². The molecule has 0 fully saturated rings. The first-order valence-electron chi connectivity index (χ1n) is 10.1. The average Bonchev–Trinajstić information content (AvgIpc) is 3.11. The minimum atomic E-state index is -0.459. The van der Waals surface area contributed by atoms with Crippen molar-refractivity contribution in [1.82, 2.24) is 0 Å². The SMILES string of the molecule is COc1ccc(-c2cccc3c2CCC3=O)c(OC[C@H](C)C(=O)OC(C)C)c1OC. The van der Waals surface area contributed by atoms with Crippen LogP contribution < -0.4 is 14.2 Å². The molecule has 6 heteroatoms. The van der Waals surface area contributed by atoms with Crippen LogP contribution in [0.25, 0.3) is 11.1 Å². The van der Waals surface area contributed by atoms with Gasteiger partial charge in [-0.25, -0.2) is 0 Å². The highest BCUT2D eigenvalue weighted by molar-refractivity contribution is 6.02. The Morgan fingerprint density at radius 1 is 0.933 bits per heavy atom. The Morgan fingerprint density at radius 2 is 1.67 bits per heavy atom. The number of rotatable bonds is 8. The van der Waals surface area contributed by atoms with Gasteiger partial charge in [0.15, 0.2) is 17.3 Å². The van der Waals surface area contributed by atoms with Crippen molar-refractivity contribution in [2.45, 2.75) is 39.7 Å². The Morgan fingerprint density at radius 3 is 2.33 bits per heavy atom. The summed E-state index contributed by atoms with van der Waals surface area (Å²) in [5, 5.41) is 0. The molecular weight excluding hydrogens is 384 g/mol. The second kappa shape index (κ2) is 9.20. The maximum atomic E-state index is 12.2. The molecule has 0 bridgehead atoms. The summed E-state index contributed by atoms with van der Waals surface area (Å²) in [4.78, 5) is 24.4. The van der Waals surface area contributed by atoms with Crippen LogP contribution in [-0.4, -0.2) is 38.7 Å². The average molecular weight is 412 g/mol. The zero-order valence-electron chi connectivity index (χ0n) is 18.1. The third kappa shape index (κ3) is 4.27. The molecule has 0 N–H and O–H groups in total. The van der Waals surface area contributed by atoms with E-state index in [1.807, 2.05) is 44.2 Å². The largest absolute Gasteiger partial charge is 0.493 e. The van der Waals surface area contributed by atoms with Gasteiger partial charge in [-0.3, -0.25) is 9.59 Å². The molecule has 2 aromatic carbocycles. The number of hydrogen-bond acceptors (Lipinski definition) is 6. The maximum Gasteiger partial charge on any atom is 0.312 e. The van der Waals surface area contributed by atoms with Gasteiger partial charge in [-0.15, -0.1) is 0 Å². The Hall–Kier alpha value is -3.02. The van der Waals surface area contributed by atoms with Crippen LogP contribution in [0.3, 0.4) is 0 Å². The summed E-state index contributed by atoms with van der Waals surface area (Å²) in [5.41, 5.74) is 3.48. The fourth-order valence-corrected chi connectivity index (χ4v) is 3.62. The monoisotopic (exact) mass is 412 g/mol. The molecule has 160 valence electrons. The minimum absolute atomic E-state index is 0.121. The molecule has 0 amide bonds. The molecule has 0 radical (unpaired) electrons. The third-order valence-electron chi connectivity index (χ3n) is 5.10. The highest BCUT2D eigenvalue weighted by Crippen LogP contribution is 2.46. The quantitative estimate of drug-likeness (QED) is 0.596. The van der Waals surface area contributed by atoms with E-state index in [1.54, 1.807) is 21.1 Å². The molecule has 0 aromatic heterocycles. The molecule has 0 saturated carbocycles. The Kier molecular flexibility index (Phi) is 6.65. The number of esters is 1.